The zero-order valence-corrected chi connectivity index (χ0v) is 35.3. The average molecular weight is 929 g/mol. The smallest absolute Gasteiger partial charge is 0.327 e. The van der Waals surface area contributed by atoms with Crippen LogP contribution in [-0.2, 0) is 44.9 Å². The number of nitrogens with one attached hydrogen (secondary N) is 5. The van der Waals surface area contributed by atoms with Crippen LogP contribution in [0.1, 0.15) is 67.4 Å². The Morgan fingerprint density at radius 2 is 1.37 bits per heavy atom. The molecule has 1 aromatic carbocycles. The Hall–Kier alpha value is -7.71. The number of nitrogens with zero attached hydrogens (tertiary/aromatic N) is 4. The number of fused-ring (bicyclic) bond motifs is 1. The van der Waals surface area contributed by atoms with Crippen molar-refractivity contribution >= 4 is 94.6 Å². The van der Waals surface area contributed by atoms with Crippen LogP contribution >= 0.6 is 12.6 Å². The van der Waals surface area contributed by atoms with Gasteiger partial charge in [0.1, 0.15) is 17.9 Å². The summed E-state index contributed by atoms with van der Waals surface area (Å²) in [7, 11) is 0. The highest BCUT2D eigenvalue weighted by atomic mass is 32.1. The van der Waals surface area contributed by atoms with Crippen LogP contribution in [0.4, 0.5) is 11.6 Å². The summed E-state index contributed by atoms with van der Waals surface area (Å²) in [5, 5.41) is 47.9. The van der Waals surface area contributed by atoms with E-state index in [4.69, 9.17) is 17.2 Å². The Kier molecular flexibility index (Phi) is 19.7. The van der Waals surface area contributed by atoms with Gasteiger partial charge in [-0.15, -0.1) is 0 Å². The van der Waals surface area contributed by atoms with E-state index in [0.29, 0.717) is 11.4 Å². The van der Waals surface area contributed by atoms with Crippen molar-refractivity contribution in [2.45, 2.75) is 76.0 Å². The molecule has 2 heterocycles. The molecule has 26 nitrogen and oxygen atoms in total. The topological polar surface area (TPSA) is 445 Å². The number of Topliss-reactive ketones (excluding diaryl/α,β-unsaturated/α-hetero) is 2. The van der Waals surface area contributed by atoms with Gasteiger partial charge in [-0.1, -0.05) is 0 Å². The molecule has 27 heteroatoms. The second kappa shape index (κ2) is 24.8. The standard InChI is InChI=1S/C38H48N12O14S/c39-37(40)42-9-1-2-23(26(52)11-19(13-28(55)56)33(59)48-25(16-65)36(63)64)46-32(58)18(12-27(53)54)10-22(51)7-8-24(35(61)62)47-31(57)17-3-5-20(6-4-17)43-14-21-15-44-30-29(45-21)34(60)50-38(41)49-30/h3-6,15,18-19,23-25,43,65H,1-2,7-14,16H2,(H,46,58)(H,47,57)(H,48,59)(H,53,54)(H,55,56)(H,61,62)(H,63,64)(H4,39,40,42)(H3,41,44,49,50,60)/t18-,19-,23-,24-,25-/m0/s1. The van der Waals surface area contributed by atoms with Crippen molar-refractivity contribution in [2.24, 2.45) is 28.3 Å². The van der Waals surface area contributed by atoms with Gasteiger partial charge in [0.2, 0.25) is 17.8 Å². The van der Waals surface area contributed by atoms with Crippen molar-refractivity contribution in [3.05, 3.63) is 52.1 Å². The minimum Gasteiger partial charge on any atom is -0.481 e. The monoisotopic (exact) mass is 928 g/mol. The number of amides is 3. The molecule has 2 aromatic heterocycles. The number of aromatic amines is 1. The number of carboxylic acids is 4. The molecule has 15 N–H and O–H groups in total. The Labute approximate surface area is 373 Å². The fourth-order valence-corrected chi connectivity index (χ4v) is 6.32. The number of anilines is 2. The van der Waals surface area contributed by atoms with E-state index in [1.54, 1.807) is 0 Å². The third-order valence-corrected chi connectivity index (χ3v) is 9.74. The van der Waals surface area contributed by atoms with Crippen molar-refractivity contribution in [1.82, 2.24) is 35.9 Å². The first kappa shape index (κ1) is 51.6. The summed E-state index contributed by atoms with van der Waals surface area (Å²) in [5.41, 5.74) is 16.6. The van der Waals surface area contributed by atoms with E-state index in [1.165, 1.54) is 30.5 Å². The number of rotatable bonds is 28. The van der Waals surface area contributed by atoms with E-state index in [1.807, 2.05) is 0 Å². The molecule has 0 unspecified atom stereocenters. The zero-order valence-electron chi connectivity index (χ0n) is 34.4. The highest BCUT2D eigenvalue weighted by Gasteiger charge is 2.34. The van der Waals surface area contributed by atoms with Crippen LogP contribution < -0.4 is 44.0 Å². The summed E-state index contributed by atoms with van der Waals surface area (Å²) in [5.74, 6) is -14.6. The van der Waals surface area contributed by atoms with Crippen molar-refractivity contribution < 1.29 is 63.6 Å². The number of ketones is 2. The van der Waals surface area contributed by atoms with Crippen LogP contribution in [0.3, 0.4) is 0 Å². The number of carbonyl (C=O) groups is 9. The molecule has 3 amide bonds. The Bertz CT molecular complexity index is 2360. The number of nitrogens with two attached hydrogens (primary N) is 3. The predicted octanol–water partition coefficient (Wildman–Crippen LogP) is -1.99. The number of aromatic nitrogens is 4. The summed E-state index contributed by atoms with van der Waals surface area (Å²) in [4.78, 5) is 143. The molecule has 0 bridgehead atoms. The maximum Gasteiger partial charge on any atom is 0.327 e. The first-order valence-electron chi connectivity index (χ1n) is 19.5. The largest absolute Gasteiger partial charge is 0.481 e. The molecule has 3 aromatic rings. The van der Waals surface area contributed by atoms with Crippen molar-refractivity contribution in [2.75, 3.05) is 23.3 Å². The molecule has 0 saturated heterocycles. The number of hydrogen-bond acceptors (Lipinski definition) is 17. The van der Waals surface area contributed by atoms with Gasteiger partial charge in [0, 0.05) is 42.8 Å². The second-order valence-corrected chi connectivity index (χ2v) is 14.8. The fraction of sp³-hybridized carbons (Fsp3) is 0.421. The summed E-state index contributed by atoms with van der Waals surface area (Å²) < 4.78 is 0. The van der Waals surface area contributed by atoms with Gasteiger partial charge in [-0.3, -0.25) is 48.3 Å². The number of aliphatic carboxylic acids is 4. The molecule has 0 fully saturated rings. The van der Waals surface area contributed by atoms with E-state index < -0.39 is 127 Å². The number of nitrogen functional groups attached to an aromatic ring is 1. The third kappa shape index (κ3) is 17.2. The first-order valence-corrected chi connectivity index (χ1v) is 20.2. The maximum atomic E-state index is 13.5. The lowest BCUT2D eigenvalue weighted by Gasteiger charge is -2.23. The van der Waals surface area contributed by atoms with Gasteiger partial charge < -0.3 is 58.9 Å². The van der Waals surface area contributed by atoms with Gasteiger partial charge >= 0.3 is 23.9 Å². The molecule has 65 heavy (non-hydrogen) atoms. The van der Waals surface area contributed by atoms with E-state index in [0.717, 1.165) is 0 Å². The number of aliphatic imine (C=N–C) groups is 1. The van der Waals surface area contributed by atoms with Crippen LogP contribution in [0.2, 0.25) is 0 Å². The summed E-state index contributed by atoms with van der Waals surface area (Å²) in [6.45, 7) is 0.0687. The van der Waals surface area contributed by atoms with Crippen LogP contribution in [0.15, 0.2) is 40.2 Å². The zero-order chi connectivity index (χ0) is 48.4. The van der Waals surface area contributed by atoms with Crippen LogP contribution in [0, 0.1) is 11.8 Å². The summed E-state index contributed by atoms with van der Waals surface area (Å²) >= 11 is 3.84. The van der Waals surface area contributed by atoms with E-state index in [9.17, 15) is 68.4 Å². The quantitative estimate of drug-likeness (QED) is 0.0162. The van der Waals surface area contributed by atoms with Crippen molar-refractivity contribution in [3.8, 4) is 0 Å². The van der Waals surface area contributed by atoms with Crippen molar-refractivity contribution in [1.29, 1.82) is 0 Å². The number of carboxylic acid groups (broad SMARTS) is 4. The predicted molar refractivity (Wildman–Crippen MR) is 230 cm³/mol. The maximum absolute atomic E-state index is 13.5. The SMILES string of the molecule is NC(N)=NCCC[C@H](NC(=O)[C@H](CC(=O)O)CC(=O)CC[C@H](NC(=O)c1ccc(NCc2cnc3nc(N)[nH]c(=O)c3n2)cc1)C(=O)O)C(=O)C[C@@H](CC(=O)O)C(=O)N[C@@H](CS)C(=O)O. The molecule has 0 aliphatic rings. The minimum atomic E-state index is -1.61. The highest BCUT2D eigenvalue weighted by Crippen LogP contribution is 2.18. The number of benzene rings is 1. The lowest BCUT2D eigenvalue weighted by Crippen LogP contribution is -2.48. The number of H-pyrrole nitrogens is 1. The van der Waals surface area contributed by atoms with Gasteiger partial charge in [-0.2, -0.15) is 17.6 Å². The van der Waals surface area contributed by atoms with Gasteiger partial charge in [-0.25, -0.2) is 19.6 Å². The molecular formula is C38H48N12O14S. The normalized spacial score (nSPS) is 13.2. The molecule has 0 saturated carbocycles. The van der Waals surface area contributed by atoms with E-state index >= 15 is 0 Å². The number of hydrogen-bond donors (Lipinski definition) is 13. The molecule has 0 aliphatic heterocycles. The summed E-state index contributed by atoms with van der Waals surface area (Å²) in [6, 6.07) is 1.19. The third-order valence-electron chi connectivity index (χ3n) is 9.37. The van der Waals surface area contributed by atoms with E-state index in [-0.39, 0.29) is 60.3 Å². The Morgan fingerprint density at radius 1 is 0.769 bits per heavy atom. The molecule has 5 atom stereocenters. The van der Waals surface area contributed by atoms with Gasteiger partial charge in [0.05, 0.1) is 49.2 Å². The molecule has 0 aliphatic carbocycles. The average Bonchev–Trinajstić information content (AvgIpc) is 3.23. The molecular weight excluding hydrogens is 881 g/mol. The van der Waals surface area contributed by atoms with Crippen LogP contribution in [0.25, 0.3) is 11.2 Å². The van der Waals surface area contributed by atoms with Gasteiger partial charge in [0.15, 0.2) is 22.9 Å². The minimum absolute atomic E-state index is 0.0200. The van der Waals surface area contributed by atoms with Crippen LogP contribution in [-0.4, -0.2) is 130 Å². The van der Waals surface area contributed by atoms with Crippen molar-refractivity contribution in [3.63, 3.8) is 0 Å². The second-order valence-electron chi connectivity index (χ2n) is 14.4. The Morgan fingerprint density at radius 3 is 1.94 bits per heavy atom. The number of guanidine groups is 1. The van der Waals surface area contributed by atoms with E-state index in [2.05, 4.69) is 58.8 Å². The number of carbonyl (C=O) groups excluding carboxylic acids is 5. The number of thiol groups is 1. The molecule has 3 rings (SSSR count). The van der Waals surface area contributed by atoms with Gasteiger partial charge in [0.25, 0.3) is 11.5 Å². The first-order chi connectivity index (χ1) is 30.7. The highest BCUT2D eigenvalue weighted by molar-refractivity contribution is 7.80. The lowest BCUT2D eigenvalue weighted by molar-refractivity contribution is -0.144. The van der Waals surface area contributed by atoms with Crippen LogP contribution in [0.5, 0.6) is 0 Å². The molecule has 350 valence electrons. The Balaban J connectivity index is 1.66. The fourth-order valence-electron chi connectivity index (χ4n) is 6.07. The molecule has 0 radical (unpaired) electrons. The summed E-state index contributed by atoms with van der Waals surface area (Å²) in [6.07, 6.45) is -3.14. The van der Waals surface area contributed by atoms with Gasteiger partial charge in [-0.05, 0) is 43.5 Å². The molecule has 0 spiro atoms. The lowest BCUT2D eigenvalue weighted by atomic mass is 9.91.